The van der Waals surface area contributed by atoms with E-state index < -0.39 is 29.3 Å². The van der Waals surface area contributed by atoms with Gasteiger partial charge in [0.2, 0.25) is 6.79 Å². The van der Waals surface area contributed by atoms with E-state index in [1.54, 1.807) is 18.2 Å². The Morgan fingerprint density at radius 3 is 2.73 bits per heavy atom. The number of benzene rings is 2. The maximum atomic E-state index is 14.7. The highest BCUT2D eigenvalue weighted by molar-refractivity contribution is 6.46. The molecule has 0 aliphatic carbocycles. The first-order valence-corrected chi connectivity index (χ1v) is 9.44. The van der Waals surface area contributed by atoms with Crippen LogP contribution in [0.3, 0.4) is 0 Å². The second-order valence-corrected chi connectivity index (χ2v) is 6.93. The van der Waals surface area contributed by atoms with E-state index in [2.05, 4.69) is 0 Å². The molecule has 2 aliphatic rings. The molecule has 8 heteroatoms. The summed E-state index contributed by atoms with van der Waals surface area (Å²) in [7, 11) is 1.53. The van der Waals surface area contributed by atoms with Crippen LogP contribution in [0.5, 0.6) is 11.5 Å². The number of ether oxygens (including phenoxy) is 3. The highest BCUT2D eigenvalue weighted by atomic mass is 19.1. The van der Waals surface area contributed by atoms with Gasteiger partial charge in [0.25, 0.3) is 11.7 Å². The summed E-state index contributed by atoms with van der Waals surface area (Å²) in [6.07, 6.45) is 0.457. The summed E-state index contributed by atoms with van der Waals surface area (Å²) in [5.41, 5.74) is 0.244. The molecule has 4 rings (SSSR count). The van der Waals surface area contributed by atoms with Crippen LogP contribution in [-0.4, -0.2) is 48.8 Å². The first kappa shape index (κ1) is 19.9. The van der Waals surface area contributed by atoms with Crippen LogP contribution in [0.2, 0.25) is 0 Å². The number of nitrogens with zero attached hydrogens (tertiary/aromatic N) is 1. The normalized spacial score (nSPS) is 19.5. The van der Waals surface area contributed by atoms with E-state index in [9.17, 15) is 19.1 Å². The molecular weight excluding hydrogens is 393 g/mol. The maximum absolute atomic E-state index is 14.7. The minimum Gasteiger partial charge on any atom is -0.507 e. The van der Waals surface area contributed by atoms with Crippen molar-refractivity contribution in [3.8, 4) is 11.5 Å². The number of amides is 1. The monoisotopic (exact) mass is 413 g/mol. The molecule has 0 bridgehead atoms. The fourth-order valence-electron chi connectivity index (χ4n) is 3.71. The number of likely N-dealkylation sites (tertiary alicyclic amines) is 1. The van der Waals surface area contributed by atoms with E-state index >= 15 is 0 Å². The second kappa shape index (κ2) is 8.16. The van der Waals surface area contributed by atoms with Crippen molar-refractivity contribution in [2.75, 3.05) is 27.1 Å². The number of methoxy groups -OCH3 is 1. The van der Waals surface area contributed by atoms with E-state index in [1.165, 1.54) is 36.3 Å². The topological polar surface area (TPSA) is 85.3 Å². The number of carbonyl (C=O) groups excluding carboxylic acids is 2. The minimum absolute atomic E-state index is 0.0542. The van der Waals surface area contributed by atoms with Gasteiger partial charge in [0, 0.05) is 31.4 Å². The van der Waals surface area contributed by atoms with Gasteiger partial charge in [-0.2, -0.15) is 0 Å². The first-order valence-electron chi connectivity index (χ1n) is 9.44. The van der Waals surface area contributed by atoms with E-state index in [1.807, 2.05) is 0 Å². The van der Waals surface area contributed by atoms with Crippen LogP contribution in [0.1, 0.15) is 23.6 Å². The summed E-state index contributed by atoms with van der Waals surface area (Å²) < 4.78 is 30.3. The van der Waals surface area contributed by atoms with Gasteiger partial charge in [-0.15, -0.1) is 0 Å². The zero-order valence-electron chi connectivity index (χ0n) is 16.3. The van der Waals surface area contributed by atoms with Gasteiger partial charge in [-0.1, -0.05) is 18.2 Å². The Morgan fingerprint density at radius 1 is 1.20 bits per heavy atom. The van der Waals surface area contributed by atoms with Crippen LogP contribution in [0.25, 0.3) is 5.76 Å². The van der Waals surface area contributed by atoms with Gasteiger partial charge < -0.3 is 24.2 Å². The molecule has 1 fully saturated rings. The summed E-state index contributed by atoms with van der Waals surface area (Å²) in [4.78, 5) is 26.9. The molecule has 0 aromatic heterocycles. The lowest BCUT2D eigenvalue weighted by Crippen LogP contribution is -2.31. The number of fused-ring (bicyclic) bond motifs is 1. The molecule has 2 heterocycles. The van der Waals surface area contributed by atoms with Crippen LogP contribution in [0, 0.1) is 5.82 Å². The smallest absolute Gasteiger partial charge is 0.295 e. The number of hydrogen-bond acceptors (Lipinski definition) is 6. The minimum atomic E-state index is -1.05. The van der Waals surface area contributed by atoms with E-state index in [4.69, 9.17) is 14.2 Å². The lowest BCUT2D eigenvalue weighted by atomic mass is 9.94. The molecule has 2 aromatic rings. The van der Waals surface area contributed by atoms with Crippen molar-refractivity contribution in [2.24, 2.45) is 0 Å². The fraction of sp³-hybridized carbons (Fsp3) is 0.273. The summed E-state index contributed by atoms with van der Waals surface area (Å²) in [6, 6.07) is 9.53. The van der Waals surface area contributed by atoms with Gasteiger partial charge in [-0.25, -0.2) is 4.39 Å². The van der Waals surface area contributed by atoms with Crippen LogP contribution in [0.4, 0.5) is 4.39 Å². The molecule has 1 amide bonds. The third kappa shape index (κ3) is 3.39. The van der Waals surface area contributed by atoms with E-state index in [0.717, 1.165) is 0 Å². The Hall–Kier alpha value is -3.39. The zero-order valence-corrected chi connectivity index (χ0v) is 16.3. The molecule has 1 N–H and O–H groups in total. The number of halogens is 1. The Balaban J connectivity index is 1.83. The quantitative estimate of drug-likeness (QED) is 0.339. The third-order valence-electron chi connectivity index (χ3n) is 5.13. The standard InChI is InChI=1S/C22H20FNO6/c1-28-10-4-9-24-19(14-5-2-3-6-15(14)23)18(21(26)22(24)27)20(25)13-7-8-16-17(11-13)30-12-29-16/h2-3,5-8,11,19,25H,4,9-10,12H2,1H3/b20-18+. The van der Waals surface area contributed by atoms with Crippen molar-refractivity contribution in [1.82, 2.24) is 4.90 Å². The average molecular weight is 413 g/mol. The van der Waals surface area contributed by atoms with Gasteiger partial charge in [0.1, 0.15) is 11.6 Å². The SMILES string of the molecule is COCCCN1C(=O)C(=O)/C(=C(/O)c2ccc3c(c2)OCO3)C1c1ccccc1F. The molecule has 156 valence electrons. The molecule has 2 aromatic carbocycles. The van der Waals surface area contributed by atoms with Gasteiger partial charge in [0.05, 0.1) is 11.6 Å². The molecule has 0 saturated carbocycles. The Morgan fingerprint density at radius 2 is 1.97 bits per heavy atom. The molecule has 1 atom stereocenters. The Labute approximate surface area is 172 Å². The largest absolute Gasteiger partial charge is 0.507 e. The van der Waals surface area contributed by atoms with Crippen molar-refractivity contribution >= 4 is 17.4 Å². The third-order valence-corrected chi connectivity index (χ3v) is 5.13. The number of Topliss-reactive ketones (excluding diaryl/α,β-unsaturated/α-hetero) is 1. The summed E-state index contributed by atoms with van der Waals surface area (Å²) in [6.45, 7) is 0.600. The van der Waals surface area contributed by atoms with Crippen LogP contribution in [0.15, 0.2) is 48.0 Å². The molecule has 7 nitrogen and oxygen atoms in total. The summed E-state index contributed by atoms with van der Waals surface area (Å²) >= 11 is 0. The summed E-state index contributed by atoms with van der Waals surface area (Å²) in [5, 5.41) is 11.0. The van der Waals surface area contributed by atoms with E-state index in [0.29, 0.717) is 24.5 Å². The lowest BCUT2D eigenvalue weighted by Gasteiger charge is -2.25. The molecule has 1 saturated heterocycles. The van der Waals surface area contributed by atoms with Crippen LogP contribution in [-0.2, 0) is 14.3 Å². The Kier molecular flexibility index (Phi) is 5.41. The molecular formula is C22H20FNO6. The summed E-state index contributed by atoms with van der Waals surface area (Å²) in [5.74, 6) is -1.70. The highest BCUT2D eigenvalue weighted by Gasteiger charge is 2.46. The van der Waals surface area contributed by atoms with Gasteiger partial charge in [0.15, 0.2) is 11.5 Å². The number of aliphatic hydroxyl groups is 1. The maximum Gasteiger partial charge on any atom is 0.295 e. The molecule has 1 unspecified atom stereocenters. The molecule has 2 aliphatic heterocycles. The zero-order chi connectivity index (χ0) is 21.3. The number of aliphatic hydroxyl groups excluding tert-OH is 1. The average Bonchev–Trinajstić information content (AvgIpc) is 3.31. The highest BCUT2D eigenvalue weighted by Crippen LogP contribution is 2.42. The first-order chi connectivity index (χ1) is 14.5. The van der Waals surface area contributed by atoms with Crippen LogP contribution >= 0.6 is 0 Å². The lowest BCUT2D eigenvalue weighted by molar-refractivity contribution is -0.140. The van der Waals surface area contributed by atoms with E-state index in [-0.39, 0.29) is 30.0 Å². The predicted octanol–water partition coefficient (Wildman–Crippen LogP) is 3.01. The van der Waals surface area contributed by atoms with Crippen molar-refractivity contribution in [3.63, 3.8) is 0 Å². The van der Waals surface area contributed by atoms with Crippen molar-refractivity contribution < 1.29 is 33.3 Å². The van der Waals surface area contributed by atoms with Gasteiger partial charge in [-0.05, 0) is 30.7 Å². The number of hydrogen-bond donors (Lipinski definition) is 1. The molecule has 0 radical (unpaired) electrons. The molecule has 0 spiro atoms. The van der Waals surface area contributed by atoms with Crippen molar-refractivity contribution in [1.29, 1.82) is 0 Å². The van der Waals surface area contributed by atoms with Crippen molar-refractivity contribution in [2.45, 2.75) is 12.5 Å². The van der Waals surface area contributed by atoms with Gasteiger partial charge >= 0.3 is 0 Å². The number of ketones is 1. The number of rotatable bonds is 6. The van der Waals surface area contributed by atoms with Crippen molar-refractivity contribution in [3.05, 3.63) is 65.0 Å². The fourth-order valence-corrected chi connectivity index (χ4v) is 3.71. The second-order valence-electron chi connectivity index (χ2n) is 6.93. The molecule has 30 heavy (non-hydrogen) atoms. The predicted molar refractivity (Wildman–Crippen MR) is 104 cm³/mol. The van der Waals surface area contributed by atoms with Crippen LogP contribution < -0.4 is 9.47 Å². The Bertz CT molecular complexity index is 1030. The number of carbonyl (C=O) groups is 2. The van der Waals surface area contributed by atoms with Gasteiger partial charge in [-0.3, -0.25) is 9.59 Å².